The van der Waals surface area contributed by atoms with Gasteiger partial charge in [-0.05, 0) is 31.0 Å². The molecule has 3 rings (SSSR count). The molecule has 0 aromatic heterocycles. The summed E-state index contributed by atoms with van der Waals surface area (Å²) in [5.74, 6) is 0.656. The van der Waals surface area contributed by atoms with Crippen molar-refractivity contribution in [2.75, 3.05) is 25.6 Å². The summed E-state index contributed by atoms with van der Waals surface area (Å²) in [6.07, 6.45) is 3.69. The average Bonchev–Trinajstić information content (AvgIpc) is 2.50. The van der Waals surface area contributed by atoms with Gasteiger partial charge in [-0.15, -0.1) is 0 Å². The van der Waals surface area contributed by atoms with Crippen molar-refractivity contribution in [2.24, 2.45) is 0 Å². The van der Waals surface area contributed by atoms with Crippen molar-refractivity contribution in [3.63, 3.8) is 0 Å². The van der Waals surface area contributed by atoms with Crippen LogP contribution in [0.4, 0.5) is 5.69 Å². The number of ether oxygens (including phenoxy) is 3. The lowest BCUT2D eigenvalue weighted by Gasteiger charge is -2.43. The first-order valence-corrected chi connectivity index (χ1v) is 7.39. The lowest BCUT2D eigenvalue weighted by molar-refractivity contribution is -0.155. The quantitative estimate of drug-likeness (QED) is 0.844. The Morgan fingerprint density at radius 1 is 1.29 bits per heavy atom. The predicted molar refractivity (Wildman–Crippen MR) is 78.0 cm³/mol. The van der Waals surface area contributed by atoms with E-state index in [4.69, 9.17) is 25.2 Å². The van der Waals surface area contributed by atoms with Gasteiger partial charge >= 0.3 is 0 Å². The van der Waals surface area contributed by atoms with Crippen molar-refractivity contribution in [3.8, 4) is 11.8 Å². The number of nitrogens with two attached hydrogens (primary N) is 1. The van der Waals surface area contributed by atoms with Gasteiger partial charge in [0.15, 0.2) is 0 Å². The van der Waals surface area contributed by atoms with Crippen LogP contribution in [0, 0.1) is 11.3 Å². The van der Waals surface area contributed by atoms with Crippen LogP contribution < -0.4 is 10.5 Å². The van der Waals surface area contributed by atoms with Gasteiger partial charge in [0.1, 0.15) is 11.9 Å². The summed E-state index contributed by atoms with van der Waals surface area (Å²) in [5.41, 5.74) is 6.93. The number of nitriles is 1. The maximum atomic E-state index is 8.87. The zero-order chi connectivity index (χ0) is 14.7. The lowest BCUT2D eigenvalue weighted by Crippen LogP contribution is -2.47. The van der Waals surface area contributed by atoms with Gasteiger partial charge in [0.05, 0.1) is 29.5 Å². The second-order valence-corrected chi connectivity index (χ2v) is 5.74. The van der Waals surface area contributed by atoms with E-state index in [-0.39, 0.29) is 11.7 Å². The standard InChI is InChI=1S/C16H20N2O3/c17-11-12-1-2-15(14(18)9-12)21-13-3-6-20-16(10-13)4-7-19-8-5-16/h1-2,9,13H,3-8,10,18H2. The van der Waals surface area contributed by atoms with Crippen molar-refractivity contribution in [1.29, 1.82) is 5.26 Å². The van der Waals surface area contributed by atoms with Gasteiger partial charge in [-0.1, -0.05) is 0 Å². The Labute approximate surface area is 124 Å². The second kappa shape index (κ2) is 5.92. The monoisotopic (exact) mass is 288 g/mol. The largest absolute Gasteiger partial charge is 0.488 e. The number of nitrogens with zero attached hydrogens (tertiary/aromatic N) is 1. The van der Waals surface area contributed by atoms with Gasteiger partial charge in [0.2, 0.25) is 0 Å². The molecule has 0 aliphatic carbocycles. The molecule has 1 aromatic carbocycles. The van der Waals surface area contributed by atoms with E-state index in [1.54, 1.807) is 18.2 Å². The van der Waals surface area contributed by atoms with Gasteiger partial charge in [-0.25, -0.2) is 0 Å². The van der Waals surface area contributed by atoms with Gasteiger partial charge < -0.3 is 19.9 Å². The minimum absolute atomic E-state index is 0.0947. The average molecular weight is 288 g/mol. The zero-order valence-corrected chi connectivity index (χ0v) is 12.0. The smallest absolute Gasteiger partial charge is 0.142 e. The third kappa shape index (κ3) is 3.12. The minimum Gasteiger partial charge on any atom is -0.488 e. The summed E-state index contributed by atoms with van der Waals surface area (Å²) in [6, 6.07) is 7.24. The fourth-order valence-electron chi connectivity index (χ4n) is 3.08. The fourth-order valence-corrected chi connectivity index (χ4v) is 3.08. The lowest BCUT2D eigenvalue weighted by atomic mass is 9.85. The Hall–Kier alpha value is -1.77. The summed E-state index contributed by atoms with van der Waals surface area (Å²) in [7, 11) is 0. The molecule has 2 aliphatic rings. The third-order valence-corrected chi connectivity index (χ3v) is 4.28. The molecular formula is C16H20N2O3. The SMILES string of the molecule is N#Cc1ccc(OC2CCOC3(CCOCC3)C2)c(N)c1. The molecule has 5 heteroatoms. The summed E-state index contributed by atoms with van der Waals surface area (Å²) in [4.78, 5) is 0. The van der Waals surface area contributed by atoms with Crippen molar-refractivity contribution >= 4 is 5.69 Å². The topological polar surface area (TPSA) is 77.5 Å². The number of benzene rings is 1. The predicted octanol–water partition coefficient (Wildman–Crippen LogP) is 2.25. The molecule has 2 fully saturated rings. The second-order valence-electron chi connectivity index (χ2n) is 5.74. The highest BCUT2D eigenvalue weighted by Gasteiger charge is 2.39. The van der Waals surface area contributed by atoms with Crippen molar-refractivity contribution < 1.29 is 14.2 Å². The highest BCUT2D eigenvalue weighted by atomic mass is 16.5. The molecule has 1 unspecified atom stereocenters. The van der Waals surface area contributed by atoms with Gasteiger partial charge in [-0.2, -0.15) is 5.26 Å². The molecule has 21 heavy (non-hydrogen) atoms. The summed E-state index contributed by atoms with van der Waals surface area (Å²) >= 11 is 0. The van der Waals surface area contributed by atoms with Crippen LogP contribution in [0.2, 0.25) is 0 Å². The van der Waals surface area contributed by atoms with Crippen LogP contribution in [-0.4, -0.2) is 31.5 Å². The van der Waals surface area contributed by atoms with Crippen LogP contribution in [0.3, 0.4) is 0 Å². The fraction of sp³-hybridized carbons (Fsp3) is 0.562. The molecule has 1 atom stereocenters. The zero-order valence-electron chi connectivity index (χ0n) is 12.0. The number of hydrogen-bond donors (Lipinski definition) is 1. The molecule has 2 aliphatic heterocycles. The molecule has 0 amide bonds. The third-order valence-electron chi connectivity index (χ3n) is 4.28. The molecule has 2 N–H and O–H groups in total. The van der Waals surface area contributed by atoms with Crippen molar-refractivity contribution in [1.82, 2.24) is 0 Å². The van der Waals surface area contributed by atoms with Crippen LogP contribution in [0.1, 0.15) is 31.2 Å². The van der Waals surface area contributed by atoms with E-state index in [9.17, 15) is 0 Å². The normalized spacial score (nSPS) is 24.4. The van der Waals surface area contributed by atoms with Crippen molar-refractivity contribution in [3.05, 3.63) is 23.8 Å². The molecule has 1 spiro atoms. The van der Waals surface area contributed by atoms with Crippen molar-refractivity contribution in [2.45, 2.75) is 37.4 Å². The van der Waals surface area contributed by atoms with Gasteiger partial charge in [0, 0.05) is 26.1 Å². The summed E-state index contributed by atoms with van der Waals surface area (Å²) < 4.78 is 17.5. The summed E-state index contributed by atoms with van der Waals surface area (Å²) in [6.45, 7) is 2.22. The molecule has 2 heterocycles. The molecule has 2 saturated heterocycles. The van der Waals surface area contributed by atoms with Crippen LogP contribution in [0.15, 0.2) is 18.2 Å². The first-order chi connectivity index (χ1) is 10.2. The van der Waals surface area contributed by atoms with Crippen LogP contribution in [0.5, 0.6) is 5.75 Å². The first-order valence-electron chi connectivity index (χ1n) is 7.39. The van der Waals surface area contributed by atoms with Crippen LogP contribution in [-0.2, 0) is 9.47 Å². The highest BCUT2D eigenvalue weighted by molar-refractivity contribution is 5.56. The molecular weight excluding hydrogens is 268 g/mol. The van der Waals surface area contributed by atoms with E-state index in [2.05, 4.69) is 6.07 Å². The van der Waals surface area contributed by atoms with E-state index in [0.717, 1.165) is 38.9 Å². The van der Waals surface area contributed by atoms with Crippen LogP contribution >= 0.6 is 0 Å². The maximum Gasteiger partial charge on any atom is 0.142 e. The number of rotatable bonds is 2. The van der Waals surface area contributed by atoms with E-state index >= 15 is 0 Å². The highest BCUT2D eigenvalue weighted by Crippen LogP contribution is 2.36. The Morgan fingerprint density at radius 3 is 2.81 bits per heavy atom. The summed E-state index contributed by atoms with van der Waals surface area (Å²) in [5, 5.41) is 8.87. The Kier molecular flexibility index (Phi) is 4.00. The Bertz CT molecular complexity index is 541. The number of hydrogen-bond acceptors (Lipinski definition) is 5. The van der Waals surface area contributed by atoms with E-state index in [1.165, 1.54) is 0 Å². The molecule has 5 nitrogen and oxygen atoms in total. The van der Waals surface area contributed by atoms with E-state index in [0.29, 0.717) is 23.6 Å². The Morgan fingerprint density at radius 2 is 2.10 bits per heavy atom. The molecule has 0 saturated carbocycles. The number of anilines is 1. The molecule has 1 aromatic rings. The molecule has 0 radical (unpaired) electrons. The molecule has 0 bridgehead atoms. The van der Waals surface area contributed by atoms with Gasteiger partial charge in [0.25, 0.3) is 0 Å². The van der Waals surface area contributed by atoms with Crippen LogP contribution in [0.25, 0.3) is 0 Å². The van der Waals surface area contributed by atoms with Gasteiger partial charge in [-0.3, -0.25) is 0 Å². The maximum absolute atomic E-state index is 8.87. The first kappa shape index (κ1) is 14.2. The minimum atomic E-state index is -0.0947. The number of nitrogen functional groups attached to an aromatic ring is 1. The molecule has 112 valence electrons. The van der Waals surface area contributed by atoms with E-state index < -0.39 is 0 Å². The Balaban J connectivity index is 1.68. The van der Waals surface area contributed by atoms with E-state index in [1.807, 2.05) is 0 Å².